The van der Waals surface area contributed by atoms with Crippen molar-refractivity contribution in [2.24, 2.45) is 0 Å². The van der Waals surface area contributed by atoms with Crippen LogP contribution in [0.1, 0.15) is 115 Å². The molecule has 0 unspecified atom stereocenters. The third kappa shape index (κ3) is 97.2. The van der Waals surface area contributed by atoms with E-state index in [0.717, 1.165) is 0 Å². The lowest BCUT2D eigenvalue weighted by molar-refractivity contribution is -0.179. The number of amides is 8. The molecule has 37 nitrogen and oxygen atoms in total. The molecule has 0 fully saturated rings. The summed E-state index contributed by atoms with van der Waals surface area (Å²) in [6.45, 7) is 18.9. The minimum absolute atomic E-state index is 0. The Labute approximate surface area is 667 Å². The van der Waals surface area contributed by atoms with Gasteiger partial charge in [0.2, 0.25) is 47.3 Å². The Morgan fingerprint density at radius 2 is 0.288 bits per heavy atom. The van der Waals surface area contributed by atoms with E-state index in [1.54, 1.807) is 0 Å². The van der Waals surface area contributed by atoms with Gasteiger partial charge in [0, 0.05) is 108 Å². The highest BCUT2D eigenvalue weighted by Crippen LogP contribution is 2.12. The number of carbonyl (C=O) groups excluding carboxylic acids is 8. The van der Waals surface area contributed by atoms with E-state index in [0.29, 0.717) is 52.4 Å². The van der Waals surface area contributed by atoms with Gasteiger partial charge in [-0.05, 0) is 0 Å². The third-order valence-electron chi connectivity index (χ3n) is 12.8. The summed E-state index contributed by atoms with van der Waals surface area (Å²) in [5.74, 6) is -1.44. The second-order valence-electron chi connectivity index (χ2n) is 22.6. The van der Waals surface area contributed by atoms with E-state index in [2.05, 4.69) is 42.5 Å². The molecule has 0 atom stereocenters. The molecular weight excluding hydrogens is 1460 g/mol. The zero-order chi connectivity index (χ0) is 75.7. The molecule has 0 radical (unpaired) electrons. The number of nitrogens with one attached hydrogen (secondary N) is 8. The van der Waals surface area contributed by atoms with Gasteiger partial charge >= 0.3 is 0 Å². The molecule has 8 amide bonds. The molecule has 0 aromatic rings. The van der Waals surface area contributed by atoms with Crippen molar-refractivity contribution < 1.29 is 138 Å². The lowest BCUT2D eigenvalue weighted by atomic mass is 10.3. The van der Waals surface area contributed by atoms with Crippen LogP contribution in [0.4, 0.5) is 0 Å². The summed E-state index contributed by atoms with van der Waals surface area (Å²) in [6.07, 6.45) is -4.68. The van der Waals surface area contributed by atoms with Gasteiger partial charge in [-0.1, -0.05) is 59.4 Å². The van der Waals surface area contributed by atoms with Crippen molar-refractivity contribution in [2.75, 3.05) is 290 Å². The largest absolute Gasteiger partial charge is 0.377 e. The summed E-state index contributed by atoms with van der Waals surface area (Å²) in [6, 6.07) is 0. The van der Waals surface area contributed by atoms with Crippen LogP contribution >= 0.6 is 0 Å². The van der Waals surface area contributed by atoms with Crippen LogP contribution in [0.25, 0.3) is 0 Å². The van der Waals surface area contributed by atoms with Gasteiger partial charge in [-0.2, -0.15) is 0 Å². The molecule has 0 saturated carbocycles. The number of ether oxygens (including phenoxy) is 21. The van der Waals surface area contributed by atoms with Gasteiger partial charge in [0.05, 0.1) is 238 Å². The zero-order valence-corrected chi connectivity index (χ0v) is 62.4. The molecule has 0 aromatic carbocycles. The van der Waals surface area contributed by atoms with Gasteiger partial charge < -0.3 is 142 Å². The molecule has 0 aliphatic rings. The average molecular weight is 1620 g/mol. The fourth-order valence-electron chi connectivity index (χ4n) is 7.95. The average Bonchev–Trinajstić information content (AvgIpc) is 0.905. The highest BCUT2D eigenvalue weighted by molar-refractivity contribution is 5.74. The van der Waals surface area contributed by atoms with E-state index in [9.17, 15) is 38.4 Å². The van der Waals surface area contributed by atoms with E-state index in [4.69, 9.17) is 99.5 Å². The summed E-state index contributed by atoms with van der Waals surface area (Å²) in [7, 11) is 0. The topological polar surface area (TPSA) is 427 Å². The molecule has 0 aliphatic heterocycles. The van der Waals surface area contributed by atoms with Crippen LogP contribution in [0.15, 0.2) is 0 Å². The number of hydrogen-bond donors (Lipinski definition) is 8. The Bertz CT molecular complexity index is 1680. The summed E-state index contributed by atoms with van der Waals surface area (Å²) >= 11 is 0. The number of carbonyl (C=O) groups is 8. The van der Waals surface area contributed by atoms with E-state index >= 15 is 0 Å². The minimum Gasteiger partial charge on any atom is -0.377 e. The second-order valence-corrected chi connectivity index (χ2v) is 22.6. The number of rotatable bonds is 78. The Kier molecular flexibility index (Phi) is 105. The third-order valence-corrected chi connectivity index (χ3v) is 12.8. The van der Waals surface area contributed by atoms with Crippen LogP contribution in [-0.4, -0.2) is 374 Å². The first-order valence-corrected chi connectivity index (χ1v) is 35.2. The van der Waals surface area contributed by atoms with Gasteiger partial charge in [-0.15, -0.1) is 0 Å². The second kappa shape index (κ2) is 93.8. The van der Waals surface area contributed by atoms with Crippen LogP contribution < -0.4 is 42.5 Å². The maximum atomic E-state index is 11.4. The molecule has 0 aliphatic carbocycles. The molecule has 8 N–H and O–H groups in total. The van der Waals surface area contributed by atoms with Gasteiger partial charge in [-0.25, -0.2) is 0 Å². The molecule has 0 bridgehead atoms. The minimum atomic E-state index is -0.920. The highest BCUT2D eigenvalue weighted by Gasteiger charge is 2.26. The predicted molar refractivity (Wildman–Crippen MR) is 424 cm³/mol. The standard InChI is InChI=1S/C66H126N8O29.8CH4/c1-53(75)67-9-17-83-25-33-91-41-61(42-92-34-26-84-18-10-68-54(2)76)99-49-65(50-100-62(43-93-35-27-85-19-11-69-55(3)77)44-94-36-28-86-20-12-70-56(4)78)103-66(51-101-63(45-95-37-29-87-21-13-71-57(5)79)46-96-38-30-88-22-14-72-58(6)80)52-102-64(47-97-39-31-89-23-15-73-59(7)81)48-98-40-32-90-24-16-74-60(8)82;;;;;;;;/h61-66H,9-52H2,1-8H3,(H,67,75)(H,68,76)(H,69,77)(H,70,78)(H,71,79)(H,72,80)(H,73,81)(H,74,82);8*1H4. The zero-order valence-electron chi connectivity index (χ0n) is 62.4. The predicted octanol–water partition coefficient (Wildman–Crippen LogP) is 1.72. The fourth-order valence-corrected chi connectivity index (χ4v) is 7.95. The van der Waals surface area contributed by atoms with Gasteiger partial charge in [0.1, 0.15) is 36.6 Å². The highest BCUT2D eigenvalue weighted by atomic mass is 16.6. The smallest absolute Gasteiger partial charge is 0.216 e. The molecule has 0 heterocycles. The molecule has 668 valence electrons. The van der Waals surface area contributed by atoms with Crippen LogP contribution in [0.5, 0.6) is 0 Å². The van der Waals surface area contributed by atoms with E-state index < -0.39 is 36.6 Å². The van der Waals surface area contributed by atoms with Crippen molar-refractivity contribution in [1.29, 1.82) is 0 Å². The number of hydrogen-bond acceptors (Lipinski definition) is 29. The van der Waals surface area contributed by atoms with E-state index in [1.165, 1.54) is 55.4 Å². The van der Waals surface area contributed by atoms with Gasteiger partial charge in [0.25, 0.3) is 0 Å². The van der Waals surface area contributed by atoms with Gasteiger partial charge in [0.15, 0.2) is 0 Å². The maximum absolute atomic E-state index is 11.4. The molecule has 0 aromatic heterocycles. The van der Waals surface area contributed by atoms with E-state index in [-0.39, 0.29) is 345 Å². The summed E-state index contributed by atoms with van der Waals surface area (Å²) < 4.78 is 127. The Hall–Kier alpha value is -5.08. The SMILES string of the molecule is C.C.C.C.C.C.C.C.CC(=O)NCCOCCOCC(COCCOCCNC(C)=O)OCC(COC(COCCOCCNC(C)=O)COCCOCCNC(C)=O)OC(COC(COCCOCCNC(C)=O)COCCOCCNC(C)=O)COC(COCCOCCNC(C)=O)COCCOCCNC(C)=O. The first-order chi connectivity index (χ1) is 49.9. The van der Waals surface area contributed by atoms with Crippen LogP contribution in [0.2, 0.25) is 0 Å². The molecule has 0 saturated heterocycles. The first-order valence-electron chi connectivity index (χ1n) is 35.2. The summed E-state index contributed by atoms with van der Waals surface area (Å²) in [4.78, 5) is 91.3. The first kappa shape index (κ1) is 124. The molecule has 111 heavy (non-hydrogen) atoms. The Morgan fingerprint density at radius 1 is 0.171 bits per heavy atom. The monoisotopic (exact) mass is 1620 g/mol. The van der Waals surface area contributed by atoms with Crippen molar-refractivity contribution in [3.63, 3.8) is 0 Å². The Morgan fingerprint density at radius 3 is 0.405 bits per heavy atom. The fraction of sp³-hybridized carbons (Fsp3) is 0.892. The molecular formula is C74H158N8O29. The maximum Gasteiger partial charge on any atom is 0.216 e. The quantitative estimate of drug-likeness (QED) is 0.0402. The van der Waals surface area contributed by atoms with Crippen molar-refractivity contribution >= 4 is 47.3 Å². The molecule has 37 heteroatoms. The molecule has 0 spiro atoms. The lowest BCUT2D eigenvalue weighted by Crippen LogP contribution is -2.42. The van der Waals surface area contributed by atoms with Gasteiger partial charge in [-0.3, -0.25) is 38.4 Å². The van der Waals surface area contributed by atoms with Crippen LogP contribution in [0.3, 0.4) is 0 Å². The van der Waals surface area contributed by atoms with E-state index in [1.807, 2.05) is 0 Å². The van der Waals surface area contributed by atoms with Crippen molar-refractivity contribution in [3.05, 3.63) is 0 Å². The van der Waals surface area contributed by atoms with Crippen LogP contribution in [-0.2, 0) is 138 Å². The van der Waals surface area contributed by atoms with Crippen molar-refractivity contribution in [2.45, 2.75) is 151 Å². The summed E-state index contributed by atoms with van der Waals surface area (Å²) in [5, 5.41) is 21.5. The normalized spacial score (nSPS) is 10.7. The lowest BCUT2D eigenvalue weighted by Gasteiger charge is -2.30. The van der Waals surface area contributed by atoms with Crippen LogP contribution in [0, 0.1) is 0 Å². The van der Waals surface area contributed by atoms with Crippen molar-refractivity contribution in [3.8, 4) is 0 Å². The summed E-state index contributed by atoms with van der Waals surface area (Å²) in [5.41, 5.74) is 0. The molecule has 0 rings (SSSR count). The Balaban J connectivity index is -0.00000186. The van der Waals surface area contributed by atoms with Crippen molar-refractivity contribution in [1.82, 2.24) is 42.5 Å².